The second kappa shape index (κ2) is 7.45. The maximum Gasteiger partial charge on any atom is 0.241 e. The maximum atomic E-state index is 9.68. The van der Waals surface area contributed by atoms with Crippen molar-refractivity contribution in [3.05, 3.63) is 35.7 Å². The first-order chi connectivity index (χ1) is 11.5. The van der Waals surface area contributed by atoms with Gasteiger partial charge in [0.15, 0.2) is 0 Å². The van der Waals surface area contributed by atoms with Crippen molar-refractivity contribution < 1.29 is 9.63 Å². The zero-order valence-electron chi connectivity index (χ0n) is 14.8. The molecular formula is C19H27N3O2. The molecule has 1 atom stereocenters. The Bertz CT molecular complexity index is 641. The molecule has 0 amide bonds. The average molecular weight is 329 g/mol. The van der Waals surface area contributed by atoms with Crippen molar-refractivity contribution in [1.29, 1.82) is 0 Å². The third-order valence-corrected chi connectivity index (χ3v) is 4.98. The minimum Gasteiger partial charge on any atom is -0.393 e. The van der Waals surface area contributed by atoms with Crippen molar-refractivity contribution in [3.8, 4) is 11.4 Å². The molecule has 1 aliphatic heterocycles. The molecule has 1 unspecified atom stereocenters. The van der Waals surface area contributed by atoms with Crippen molar-refractivity contribution >= 4 is 0 Å². The van der Waals surface area contributed by atoms with Crippen LogP contribution in [0.25, 0.3) is 11.4 Å². The fraction of sp³-hybridized carbons (Fsp3) is 0.579. The van der Waals surface area contributed by atoms with Gasteiger partial charge in [0.05, 0.1) is 12.6 Å². The van der Waals surface area contributed by atoms with Crippen LogP contribution in [0.1, 0.15) is 51.0 Å². The Labute approximate surface area is 143 Å². The second-order valence-corrected chi connectivity index (χ2v) is 7.14. The summed E-state index contributed by atoms with van der Waals surface area (Å²) in [5.74, 6) is 2.25. The van der Waals surface area contributed by atoms with Gasteiger partial charge in [0.25, 0.3) is 0 Å². The molecule has 130 valence electrons. The summed E-state index contributed by atoms with van der Waals surface area (Å²) in [5.41, 5.74) is 2.30. The van der Waals surface area contributed by atoms with Gasteiger partial charge in [-0.25, -0.2) is 0 Å². The SMILES string of the molecule is CC(C)c1ccc(-c2noc(CN3CCC(C(C)O)CC3)n2)cc1. The molecule has 2 heterocycles. The largest absolute Gasteiger partial charge is 0.393 e. The molecule has 1 aliphatic rings. The molecule has 5 heteroatoms. The second-order valence-electron chi connectivity index (χ2n) is 7.14. The summed E-state index contributed by atoms with van der Waals surface area (Å²) in [6.45, 7) is 8.87. The highest BCUT2D eigenvalue weighted by molar-refractivity contribution is 5.54. The molecule has 1 aromatic heterocycles. The molecule has 0 saturated carbocycles. The third kappa shape index (κ3) is 4.02. The van der Waals surface area contributed by atoms with E-state index in [1.165, 1.54) is 5.56 Å². The molecule has 0 radical (unpaired) electrons. The van der Waals surface area contributed by atoms with Crippen LogP contribution in [-0.4, -0.2) is 39.3 Å². The van der Waals surface area contributed by atoms with Gasteiger partial charge in [0, 0.05) is 5.56 Å². The van der Waals surface area contributed by atoms with Crippen LogP contribution in [0.2, 0.25) is 0 Å². The van der Waals surface area contributed by atoms with Gasteiger partial charge in [-0.15, -0.1) is 0 Å². The molecule has 1 aromatic carbocycles. The average Bonchev–Trinajstić information content (AvgIpc) is 3.04. The van der Waals surface area contributed by atoms with Gasteiger partial charge in [0.1, 0.15) is 0 Å². The van der Waals surface area contributed by atoms with Gasteiger partial charge in [0.2, 0.25) is 11.7 Å². The van der Waals surface area contributed by atoms with Crippen LogP contribution < -0.4 is 0 Å². The number of aliphatic hydroxyl groups is 1. The lowest BCUT2D eigenvalue weighted by atomic mass is 9.92. The van der Waals surface area contributed by atoms with Gasteiger partial charge in [-0.3, -0.25) is 4.90 Å². The molecule has 0 bridgehead atoms. The zero-order valence-corrected chi connectivity index (χ0v) is 14.8. The first-order valence-corrected chi connectivity index (χ1v) is 8.86. The van der Waals surface area contributed by atoms with Crippen LogP contribution in [-0.2, 0) is 6.54 Å². The van der Waals surface area contributed by atoms with E-state index >= 15 is 0 Å². The molecule has 1 saturated heterocycles. The maximum absolute atomic E-state index is 9.68. The number of benzene rings is 1. The van der Waals surface area contributed by atoms with Crippen molar-refractivity contribution in [1.82, 2.24) is 15.0 Å². The van der Waals surface area contributed by atoms with Crippen molar-refractivity contribution in [2.75, 3.05) is 13.1 Å². The van der Waals surface area contributed by atoms with Crippen LogP contribution in [0.15, 0.2) is 28.8 Å². The first-order valence-electron chi connectivity index (χ1n) is 8.86. The molecule has 2 aromatic rings. The summed E-state index contributed by atoms with van der Waals surface area (Å²) < 4.78 is 5.42. The van der Waals surface area contributed by atoms with Crippen LogP contribution in [0.3, 0.4) is 0 Å². The van der Waals surface area contributed by atoms with Gasteiger partial charge in [-0.05, 0) is 50.3 Å². The molecule has 3 rings (SSSR count). The third-order valence-electron chi connectivity index (χ3n) is 4.98. The summed E-state index contributed by atoms with van der Waals surface area (Å²) in [6, 6.07) is 8.35. The van der Waals surface area contributed by atoms with E-state index in [4.69, 9.17) is 4.52 Å². The lowest BCUT2D eigenvalue weighted by molar-refractivity contribution is 0.0660. The molecule has 5 nitrogen and oxygen atoms in total. The quantitative estimate of drug-likeness (QED) is 0.910. The summed E-state index contributed by atoms with van der Waals surface area (Å²) >= 11 is 0. The molecule has 1 fully saturated rings. The van der Waals surface area contributed by atoms with Crippen molar-refractivity contribution in [2.45, 2.75) is 52.2 Å². The topological polar surface area (TPSA) is 62.4 Å². The minimum absolute atomic E-state index is 0.212. The molecule has 1 N–H and O–H groups in total. The summed E-state index contributed by atoms with van der Waals surface area (Å²) in [7, 11) is 0. The van der Waals surface area contributed by atoms with Gasteiger partial charge < -0.3 is 9.63 Å². The Kier molecular flexibility index (Phi) is 5.31. The van der Waals surface area contributed by atoms with E-state index in [0.717, 1.165) is 31.5 Å². The Morgan fingerprint density at radius 1 is 1.17 bits per heavy atom. The highest BCUT2D eigenvalue weighted by Gasteiger charge is 2.23. The number of aromatic nitrogens is 2. The molecular weight excluding hydrogens is 302 g/mol. The number of nitrogens with zero attached hydrogens (tertiary/aromatic N) is 3. The Hall–Kier alpha value is -1.72. The van der Waals surface area contributed by atoms with E-state index in [2.05, 4.69) is 53.2 Å². The summed E-state index contributed by atoms with van der Waals surface area (Å²) in [4.78, 5) is 6.85. The van der Waals surface area contributed by atoms with Crippen LogP contribution in [0, 0.1) is 5.92 Å². The van der Waals surface area contributed by atoms with E-state index in [-0.39, 0.29) is 6.10 Å². The number of piperidine rings is 1. The Morgan fingerprint density at radius 2 is 1.83 bits per heavy atom. The highest BCUT2D eigenvalue weighted by atomic mass is 16.5. The minimum atomic E-state index is -0.212. The normalized spacial score (nSPS) is 18.2. The number of aliphatic hydroxyl groups excluding tert-OH is 1. The van der Waals surface area contributed by atoms with E-state index in [9.17, 15) is 5.11 Å². The number of likely N-dealkylation sites (tertiary alicyclic amines) is 1. The Morgan fingerprint density at radius 3 is 2.42 bits per heavy atom. The van der Waals surface area contributed by atoms with Gasteiger partial charge in [-0.1, -0.05) is 43.3 Å². The highest BCUT2D eigenvalue weighted by Crippen LogP contribution is 2.23. The van der Waals surface area contributed by atoms with Gasteiger partial charge >= 0.3 is 0 Å². The lowest BCUT2D eigenvalue weighted by Crippen LogP contribution is -2.36. The lowest BCUT2D eigenvalue weighted by Gasteiger charge is -2.32. The van der Waals surface area contributed by atoms with E-state index in [0.29, 0.717) is 30.1 Å². The Balaban J connectivity index is 1.60. The van der Waals surface area contributed by atoms with Crippen molar-refractivity contribution in [2.24, 2.45) is 5.92 Å². The zero-order chi connectivity index (χ0) is 17.1. The fourth-order valence-corrected chi connectivity index (χ4v) is 3.24. The predicted octanol–water partition coefficient (Wildman–Crippen LogP) is 3.45. The van der Waals surface area contributed by atoms with E-state index in [1.807, 2.05) is 6.92 Å². The van der Waals surface area contributed by atoms with Gasteiger partial charge in [-0.2, -0.15) is 4.98 Å². The van der Waals surface area contributed by atoms with Crippen LogP contribution in [0.5, 0.6) is 0 Å². The van der Waals surface area contributed by atoms with E-state index in [1.54, 1.807) is 0 Å². The van der Waals surface area contributed by atoms with Crippen LogP contribution in [0.4, 0.5) is 0 Å². The summed E-state index contributed by atoms with van der Waals surface area (Å²) in [5, 5.41) is 13.8. The van der Waals surface area contributed by atoms with Crippen LogP contribution >= 0.6 is 0 Å². The molecule has 0 spiro atoms. The standard InChI is InChI=1S/C19H27N3O2/c1-13(2)15-4-6-17(7-5-15)19-20-18(24-21-19)12-22-10-8-16(9-11-22)14(3)23/h4-7,13-14,16,23H,8-12H2,1-3H3. The number of hydrogen-bond acceptors (Lipinski definition) is 5. The fourth-order valence-electron chi connectivity index (χ4n) is 3.24. The summed E-state index contributed by atoms with van der Waals surface area (Å²) in [6.07, 6.45) is 1.83. The monoisotopic (exact) mass is 329 g/mol. The first kappa shape index (κ1) is 17.1. The smallest absolute Gasteiger partial charge is 0.241 e. The molecule has 0 aliphatic carbocycles. The molecule has 24 heavy (non-hydrogen) atoms. The number of rotatable bonds is 5. The predicted molar refractivity (Wildman–Crippen MR) is 93.5 cm³/mol. The van der Waals surface area contributed by atoms with E-state index < -0.39 is 0 Å². The number of hydrogen-bond donors (Lipinski definition) is 1. The van der Waals surface area contributed by atoms with Crippen molar-refractivity contribution in [3.63, 3.8) is 0 Å².